The monoisotopic (exact) mass is 321 g/mol. The number of carbonyl (C=O) groups is 1. The van der Waals surface area contributed by atoms with Gasteiger partial charge in [-0.25, -0.2) is 0 Å². The summed E-state index contributed by atoms with van der Waals surface area (Å²) in [5, 5.41) is 4.18. The van der Waals surface area contributed by atoms with Crippen LogP contribution in [0.25, 0.3) is 0 Å². The van der Waals surface area contributed by atoms with Crippen LogP contribution < -0.4 is 5.32 Å². The van der Waals surface area contributed by atoms with Gasteiger partial charge in [0.15, 0.2) is 0 Å². The van der Waals surface area contributed by atoms with Gasteiger partial charge in [0.25, 0.3) is 0 Å². The first-order valence-electron chi connectivity index (χ1n) is 6.60. The average molecular weight is 322 g/mol. The highest BCUT2D eigenvalue weighted by atomic mass is 79.9. The normalized spacial score (nSPS) is 25.8. The van der Waals surface area contributed by atoms with Gasteiger partial charge in [-0.15, -0.1) is 11.8 Å². The van der Waals surface area contributed by atoms with E-state index in [9.17, 15) is 4.79 Å². The van der Waals surface area contributed by atoms with Crippen LogP contribution in [0.5, 0.6) is 0 Å². The molecule has 1 rings (SSSR count). The third kappa shape index (κ3) is 4.82. The maximum atomic E-state index is 12.1. The Hall–Kier alpha value is 0.300. The number of carbonyl (C=O) groups excluding carboxylic acids is 1. The van der Waals surface area contributed by atoms with E-state index in [1.54, 1.807) is 0 Å². The SMILES string of the molecule is CCCC(CCBr)CNC(=O)C1(C)CCCS1. The van der Waals surface area contributed by atoms with Crippen LogP contribution in [0.4, 0.5) is 0 Å². The first-order chi connectivity index (χ1) is 8.12. The predicted octanol–water partition coefficient (Wildman–Crippen LogP) is 3.59. The van der Waals surface area contributed by atoms with E-state index in [0.29, 0.717) is 5.92 Å². The fourth-order valence-corrected chi connectivity index (χ4v) is 4.17. The smallest absolute Gasteiger partial charge is 0.235 e. The van der Waals surface area contributed by atoms with Crippen LogP contribution >= 0.6 is 27.7 Å². The molecular weight excluding hydrogens is 298 g/mol. The Balaban J connectivity index is 2.34. The van der Waals surface area contributed by atoms with Crippen molar-refractivity contribution < 1.29 is 4.79 Å². The fraction of sp³-hybridized carbons (Fsp3) is 0.923. The van der Waals surface area contributed by atoms with Crippen molar-refractivity contribution in [3.8, 4) is 0 Å². The minimum Gasteiger partial charge on any atom is -0.355 e. The molecule has 0 aromatic rings. The zero-order valence-corrected chi connectivity index (χ0v) is 13.3. The third-order valence-electron chi connectivity index (χ3n) is 3.46. The van der Waals surface area contributed by atoms with Crippen molar-refractivity contribution in [2.45, 2.75) is 50.7 Å². The number of hydrogen-bond acceptors (Lipinski definition) is 2. The number of rotatable bonds is 7. The largest absolute Gasteiger partial charge is 0.355 e. The zero-order valence-electron chi connectivity index (χ0n) is 10.9. The predicted molar refractivity (Wildman–Crippen MR) is 79.9 cm³/mol. The van der Waals surface area contributed by atoms with Crippen LogP contribution in [0.15, 0.2) is 0 Å². The van der Waals surface area contributed by atoms with E-state index >= 15 is 0 Å². The second-order valence-corrected chi connectivity index (χ2v) is 7.42. The second-order valence-electron chi connectivity index (χ2n) is 5.03. The van der Waals surface area contributed by atoms with Gasteiger partial charge in [-0.3, -0.25) is 4.79 Å². The van der Waals surface area contributed by atoms with Gasteiger partial charge in [0, 0.05) is 11.9 Å². The van der Waals surface area contributed by atoms with Crippen molar-refractivity contribution in [2.75, 3.05) is 17.6 Å². The highest BCUT2D eigenvalue weighted by Crippen LogP contribution is 2.37. The first-order valence-corrected chi connectivity index (χ1v) is 8.71. The number of amides is 1. The molecule has 0 saturated carbocycles. The molecule has 0 aliphatic carbocycles. The van der Waals surface area contributed by atoms with Crippen LogP contribution in [0.1, 0.15) is 46.0 Å². The van der Waals surface area contributed by atoms with E-state index in [-0.39, 0.29) is 10.7 Å². The van der Waals surface area contributed by atoms with Crippen molar-refractivity contribution in [1.82, 2.24) is 5.32 Å². The van der Waals surface area contributed by atoms with Gasteiger partial charge in [-0.05, 0) is 44.3 Å². The summed E-state index contributed by atoms with van der Waals surface area (Å²) >= 11 is 5.30. The lowest BCUT2D eigenvalue weighted by atomic mass is 9.99. The molecule has 0 radical (unpaired) electrons. The molecule has 4 heteroatoms. The summed E-state index contributed by atoms with van der Waals surface area (Å²) < 4.78 is -0.162. The molecule has 1 fully saturated rings. The summed E-state index contributed by atoms with van der Waals surface area (Å²) in [6.07, 6.45) is 5.75. The second kappa shape index (κ2) is 7.67. The van der Waals surface area contributed by atoms with E-state index in [4.69, 9.17) is 0 Å². The van der Waals surface area contributed by atoms with Gasteiger partial charge in [0.1, 0.15) is 0 Å². The molecule has 1 amide bonds. The zero-order chi connectivity index (χ0) is 12.7. The van der Waals surface area contributed by atoms with Gasteiger partial charge in [0.05, 0.1) is 4.75 Å². The first kappa shape index (κ1) is 15.4. The van der Waals surface area contributed by atoms with E-state index < -0.39 is 0 Å². The van der Waals surface area contributed by atoms with Crippen molar-refractivity contribution in [3.05, 3.63) is 0 Å². The molecule has 1 heterocycles. The third-order valence-corrected chi connectivity index (χ3v) is 5.44. The molecule has 0 aromatic carbocycles. The molecule has 17 heavy (non-hydrogen) atoms. The van der Waals surface area contributed by atoms with Crippen LogP contribution in [0, 0.1) is 5.92 Å². The Labute approximate surface area is 118 Å². The molecule has 2 nitrogen and oxygen atoms in total. The lowest BCUT2D eigenvalue weighted by molar-refractivity contribution is -0.123. The van der Waals surface area contributed by atoms with Crippen molar-refractivity contribution in [2.24, 2.45) is 5.92 Å². The Kier molecular flexibility index (Phi) is 6.93. The molecule has 0 bridgehead atoms. The van der Waals surface area contributed by atoms with Crippen LogP contribution in [0.3, 0.4) is 0 Å². The van der Waals surface area contributed by atoms with Crippen LogP contribution in [0.2, 0.25) is 0 Å². The Bertz CT molecular complexity index is 236. The topological polar surface area (TPSA) is 29.1 Å². The highest BCUT2D eigenvalue weighted by Gasteiger charge is 2.36. The lowest BCUT2D eigenvalue weighted by Crippen LogP contribution is -2.42. The van der Waals surface area contributed by atoms with Crippen molar-refractivity contribution >= 4 is 33.6 Å². The molecule has 1 aliphatic heterocycles. The van der Waals surface area contributed by atoms with Gasteiger partial charge in [-0.2, -0.15) is 0 Å². The molecule has 0 aromatic heterocycles. The number of hydrogen-bond donors (Lipinski definition) is 1. The summed E-state index contributed by atoms with van der Waals surface area (Å²) in [4.78, 5) is 12.1. The molecule has 0 spiro atoms. The molecular formula is C13H24BrNOS. The number of thioether (sulfide) groups is 1. The Morgan fingerprint density at radius 1 is 1.53 bits per heavy atom. The maximum absolute atomic E-state index is 12.1. The van der Waals surface area contributed by atoms with Crippen molar-refractivity contribution in [3.63, 3.8) is 0 Å². The number of halogens is 1. The standard InChI is InChI=1S/C13H24BrNOS/c1-3-5-11(6-8-14)10-15-12(16)13(2)7-4-9-17-13/h11H,3-10H2,1-2H3,(H,15,16). The lowest BCUT2D eigenvalue weighted by Gasteiger charge is -2.23. The van der Waals surface area contributed by atoms with Crippen molar-refractivity contribution in [1.29, 1.82) is 0 Å². The summed E-state index contributed by atoms with van der Waals surface area (Å²) in [5.41, 5.74) is 0. The van der Waals surface area contributed by atoms with Crippen LogP contribution in [-0.2, 0) is 4.79 Å². The van der Waals surface area contributed by atoms with Gasteiger partial charge in [-0.1, -0.05) is 29.3 Å². The van der Waals surface area contributed by atoms with E-state index in [1.807, 2.05) is 11.8 Å². The Morgan fingerprint density at radius 3 is 2.82 bits per heavy atom. The molecule has 1 aliphatic rings. The molecule has 2 atom stereocenters. The van der Waals surface area contributed by atoms with Gasteiger partial charge >= 0.3 is 0 Å². The quantitative estimate of drug-likeness (QED) is 0.726. The van der Waals surface area contributed by atoms with Crippen LogP contribution in [-0.4, -0.2) is 28.3 Å². The maximum Gasteiger partial charge on any atom is 0.235 e. The average Bonchev–Trinajstić information content (AvgIpc) is 2.74. The highest BCUT2D eigenvalue weighted by molar-refractivity contribution is 9.09. The number of alkyl halides is 1. The molecule has 100 valence electrons. The molecule has 1 N–H and O–H groups in total. The van der Waals surface area contributed by atoms with Gasteiger partial charge < -0.3 is 5.32 Å². The Morgan fingerprint density at radius 2 is 2.29 bits per heavy atom. The summed E-state index contributed by atoms with van der Waals surface area (Å²) in [6, 6.07) is 0. The van der Waals surface area contributed by atoms with E-state index in [1.165, 1.54) is 19.3 Å². The summed E-state index contributed by atoms with van der Waals surface area (Å²) in [7, 11) is 0. The minimum atomic E-state index is -0.162. The number of nitrogens with one attached hydrogen (secondary N) is 1. The van der Waals surface area contributed by atoms with Gasteiger partial charge in [0.2, 0.25) is 5.91 Å². The summed E-state index contributed by atoms with van der Waals surface area (Å²) in [6.45, 7) is 5.13. The van der Waals surface area contributed by atoms with E-state index in [0.717, 1.165) is 30.5 Å². The van der Waals surface area contributed by atoms with E-state index in [2.05, 4.69) is 35.1 Å². The molecule has 2 unspecified atom stereocenters. The molecule has 1 saturated heterocycles. The summed E-state index contributed by atoms with van der Waals surface area (Å²) in [5.74, 6) is 2.00. The minimum absolute atomic E-state index is 0.162. The fourth-order valence-electron chi connectivity index (χ4n) is 2.29.